The van der Waals surface area contributed by atoms with Crippen molar-refractivity contribution in [1.82, 2.24) is 10.2 Å². The Morgan fingerprint density at radius 1 is 1.12 bits per heavy atom. The van der Waals surface area contributed by atoms with E-state index >= 15 is 0 Å². The summed E-state index contributed by atoms with van der Waals surface area (Å²) in [5.41, 5.74) is 0.202. The zero-order valence-electron chi connectivity index (χ0n) is 15.6. The van der Waals surface area contributed by atoms with Gasteiger partial charge in [-0.2, -0.15) is 0 Å². The summed E-state index contributed by atoms with van der Waals surface area (Å²) in [5.74, 6) is 3.24. The SMILES string of the molecule is CCN=C(NC1C2CCOC2C1(C)C)N1CC2C3CCC(O3)C2C1.I. The van der Waals surface area contributed by atoms with Gasteiger partial charge in [-0.1, -0.05) is 13.8 Å². The molecule has 6 heteroatoms. The number of nitrogens with one attached hydrogen (secondary N) is 1. The Morgan fingerprint density at radius 2 is 1.80 bits per heavy atom. The highest BCUT2D eigenvalue weighted by Gasteiger charge is 2.60. The largest absolute Gasteiger partial charge is 0.377 e. The third-order valence-electron chi connectivity index (χ3n) is 7.45. The summed E-state index contributed by atoms with van der Waals surface area (Å²) in [6, 6.07) is 0.490. The summed E-state index contributed by atoms with van der Waals surface area (Å²) in [6.07, 6.45) is 5.18. The van der Waals surface area contributed by atoms with Gasteiger partial charge in [0.1, 0.15) is 0 Å². The normalized spacial score (nSPS) is 46.4. The molecule has 7 atom stereocenters. The quantitative estimate of drug-likeness (QED) is 0.390. The maximum atomic E-state index is 6.13. The van der Waals surface area contributed by atoms with Crippen molar-refractivity contribution in [3.8, 4) is 0 Å². The molecule has 7 unspecified atom stereocenters. The Bertz CT molecular complexity index is 537. The minimum Gasteiger partial charge on any atom is -0.377 e. The zero-order valence-corrected chi connectivity index (χ0v) is 17.9. The molecule has 4 saturated heterocycles. The summed E-state index contributed by atoms with van der Waals surface area (Å²) < 4.78 is 12.1. The number of aliphatic imine (C=N–C) groups is 1. The molecular formula is C19H32IN3O2. The number of hydrogen-bond acceptors (Lipinski definition) is 3. The summed E-state index contributed by atoms with van der Waals surface area (Å²) >= 11 is 0. The summed E-state index contributed by atoms with van der Waals surface area (Å²) in [7, 11) is 0. The molecule has 0 amide bonds. The van der Waals surface area contributed by atoms with Crippen molar-refractivity contribution >= 4 is 29.9 Å². The zero-order chi connectivity index (χ0) is 16.5. The number of ether oxygens (including phenoxy) is 2. The standard InChI is InChI=1S/C19H31N3O2.HI/c1-4-20-18(21-16-11-7-8-23-17(11)19(16,2)3)22-9-12-13(10-22)15-6-5-14(12)24-15;/h11-17H,4-10H2,1-3H3,(H,20,21);1H. The van der Waals surface area contributed by atoms with Crippen LogP contribution in [0.15, 0.2) is 4.99 Å². The molecule has 2 bridgehead atoms. The van der Waals surface area contributed by atoms with Crippen LogP contribution >= 0.6 is 24.0 Å². The first-order valence-corrected chi connectivity index (χ1v) is 9.92. The topological polar surface area (TPSA) is 46.1 Å². The fourth-order valence-corrected chi connectivity index (χ4v) is 6.28. The molecule has 4 heterocycles. The lowest BCUT2D eigenvalue weighted by molar-refractivity contribution is -0.107. The van der Waals surface area contributed by atoms with Gasteiger partial charge in [-0.15, -0.1) is 24.0 Å². The van der Waals surface area contributed by atoms with E-state index in [1.165, 1.54) is 19.3 Å². The van der Waals surface area contributed by atoms with Gasteiger partial charge >= 0.3 is 0 Å². The molecule has 1 aliphatic carbocycles. The predicted molar refractivity (Wildman–Crippen MR) is 108 cm³/mol. The van der Waals surface area contributed by atoms with Gasteiger partial charge in [0.15, 0.2) is 5.96 Å². The van der Waals surface area contributed by atoms with E-state index in [4.69, 9.17) is 14.5 Å². The molecular weight excluding hydrogens is 429 g/mol. The maximum Gasteiger partial charge on any atom is 0.194 e. The van der Waals surface area contributed by atoms with Gasteiger partial charge in [0.2, 0.25) is 0 Å². The molecule has 0 spiro atoms. The molecule has 5 fully saturated rings. The van der Waals surface area contributed by atoms with Crippen molar-refractivity contribution in [2.45, 2.75) is 64.4 Å². The lowest BCUT2D eigenvalue weighted by Crippen LogP contribution is -2.68. The first kappa shape index (κ1) is 18.3. The molecule has 142 valence electrons. The van der Waals surface area contributed by atoms with Crippen LogP contribution in [0.2, 0.25) is 0 Å². The third kappa shape index (κ3) is 2.64. The second kappa shape index (κ2) is 6.51. The van der Waals surface area contributed by atoms with Gasteiger partial charge in [0.05, 0.1) is 18.3 Å². The molecule has 5 nitrogen and oxygen atoms in total. The van der Waals surface area contributed by atoms with Crippen LogP contribution in [0.1, 0.15) is 40.0 Å². The van der Waals surface area contributed by atoms with Crippen molar-refractivity contribution in [1.29, 1.82) is 0 Å². The Morgan fingerprint density at radius 3 is 2.44 bits per heavy atom. The molecule has 4 aliphatic heterocycles. The van der Waals surface area contributed by atoms with E-state index < -0.39 is 0 Å². The van der Waals surface area contributed by atoms with Crippen LogP contribution in [0.5, 0.6) is 0 Å². The lowest BCUT2D eigenvalue weighted by atomic mass is 9.57. The Hall–Kier alpha value is -0.0800. The van der Waals surface area contributed by atoms with Gasteiger partial charge in [-0.3, -0.25) is 4.99 Å². The molecule has 1 saturated carbocycles. The van der Waals surface area contributed by atoms with E-state index in [0.717, 1.165) is 44.0 Å². The van der Waals surface area contributed by atoms with E-state index in [1.54, 1.807) is 0 Å². The molecule has 0 aromatic rings. The smallest absolute Gasteiger partial charge is 0.194 e. The van der Waals surface area contributed by atoms with Gasteiger partial charge in [0, 0.05) is 55.5 Å². The number of rotatable bonds is 2. The fourth-order valence-electron chi connectivity index (χ4n) is 6.28. The number of guanidine groups is 1. The number of halogens is 1. The van der Waals surface area contributed by atoms with E-state index in [9.17, 15) is 0 Å². The van der Waals surface area contributed by atoms with E-state index in [-0.39, 0.29) is 29.4 Å². The Balaban J connectivity index is 0.00000157. The lowest BCUT2D eigenvalue weighted by Gasteiger charge is -2.55. The van der Waals surface area contributed by atoms with Gasteiger partial charge in [0.25, 0.3) is 0 Å². The van der Waals surface area contributed by atoms with Crippen LogP contribution in [0.4, 0.5) is 0 Å². The molecule has 0 aromatic heterocycles. The molecule has 5 rings (SSSR count). The van der Waals surface area contributed by atoms with Crippen molar-refractivity contribution in [3.05, 3.63) is 0 Å². The molecule has 1 N–H and O–H groups in total. The van der Waals surface area contributed by atoms with Crippen LogP contribution in [0, 0.1) is 23.2 Å². The average Bonchev–Trinajstić information content (AvgIpc) is 3.31. The first-order chi connectivity index (χ1) is 11.6. The van der Waals surface area contributed by atoms with Crippen molar-refractivity contribution in [3.63, 3.8) is 0 Å². The number of nitrogens with zero attached hydrogens (tertiary/aromatic N) is 2. The van der Waals surface area contributed by atoms with Crippen LogP contribution in [-0.2, 0) is 9.47 Å². The van der Waals surface area contributed by atoms with Crippen LogP contribution in [0.25, 0.3) is 0 Å². The van der Waals surface area contributed by atoms with E-state index in [0.29, 0.717) is 30.3 Å². The number of likely N-dealkylation sites (tertiary alicyclic amines) is 1. The van der Waals surface area contributed by atoms with Gasteiger partial charge < -0.3 is 19.7 Å². The summed E-state index contributed by atoms with van der Waals surface area (Å²) in [4.78, 5) is 7.38. The van der Waals surface area contributed by atoms with Crippen LogP contribution < -0.4 is 5.32 Å². The van der Waals surface area contributed by atoms with Gasteiger partial charge in [-0.05, 0) is 26.2 Å². The molecule has 25 heavy (non-hydrogen) atoms. The highest BCUT2D eigenvalue weighted by atomic mass is 127. The highest BCUT2D eigenvalue weighted by Crippen LogP contribution is 2.52. The second-order valence-corrected chi connectivity index (χ2v) is 9.01. The van der Waals surface area contributed by atoms with Crippen molar-refractivity contribution < 1.29 is 9.47 Å². The summed E-state index contributed by atoms with van der Waals surface area (Å²) in [6.45, 7) is 10.8. The van der Waals surface area contributed by atoms with Gasteiger partial charge in [-0.25, -0.2) is 0 Å². The minimum atomic E-state index is 0. The minimum absolute atomic E-state index is 0. The molecule has 0 radical (unpaired) electrons. The molecule has 5 aliphatic rings. The average molecular weight is 461 g/mol. The molecule has 0 aromatic carbocycles. The summed E-state index contributed by atoms with van der Waals surface area (Å²) in [5, 5.41) is 3.85. The van der Waals surface area contributed by atoms with Crippen molar-refractivity contribution in [2.24, 2.45) is 28.2 Å². The Kier molecular flexibility index (Phi) is 4.77. The van der Waals surface area contributed by atoms with E-state index in [2.05, 4.69) is 31.0 Å². The van der Waals surface area contributed by atoms with E-state index in [1.807, 2.05) is 0 Å². The fraction of sp³-hybridized carbons (Fsp3) is 0.947. The van der Waals surface area contributed by atoms with Crippen molar-refractivity contribution in [2.75, 3.05) is 26.2 Å². The predicted octanol–water partition coefficient (Wildman–Crippen LogP) is 2.49. The highest BCUT2D eigenvalue weighted by molar-refractivity contribution is 14.0. The third-order valence-corrected chi connectivity index (χ3v) is 7.45. The first-order valence-electron chi connectivity index (χ1n) is 9.92. The van der Waals surface area contributed by atoms with Crippen LogP contribution in [-0.4, -0.2) is 61.5 Å². The van der Waals surface area contributed by atoms with Crippen LogP contribution in [0.3, 0.4) is 0 Å². The second-order valence-electron chi connectivity index (χ2n) is 9.01. The maximum absolute atomic E-state index is 6.13. The Labute approximate surface area is 168 Å². The number of fused-ring (bicyclic) bond motifs is 6. The number of hydrogen-bond donors (Lipinski definition) is 1. The monoisotopic (exact) mass is 461 g/mol.